The molecule has 0 unspecified atom stereocenters. The highest BCUT2D eigenvalue weighted by molar-refractivity contribution is 5.69. The Labute approximate surface area is 165 Å². The summed E-state index contributed by atoms with van der Waals surface area (Å²) in [5.74, 6) is -2.04. The lowest BCUT2D eigenvalue weighted by molar-refractivity contribution is -0.173. The summed E-state index contributed by atoms with van der Waals surface area (Å²) in [6.07, 6.45) is -0.688. The summed E-state index contributed by atoms with van der Waals surface area (Å²) in [6, 6.07) is 0. The van der Waals surface area contributed by atoms with E-state index >= 15 is 0 Å². The van der Waals surface area contributed by atoms with Crippen LogP contribution in [-0.4, -0.2) is 45.9 Å². The second-order valence-corrected chi connectivity index (χ2v) is 6.43. The molecule has 1 aliphatic heterocycles. The molecule has 0 N–H and O–H groups in total. The number of aromatic nitrogens is 2. The fourth-order valence-corrected chi connectivity index (χ4v) is 2.82. The standard InChI is InChI=1S/C18H22N2O9/c1-9(21)26-8-15-16(28-11(3)23)14(27-10(2)22)6-13(29-15)12-7-19(4)18(25)20(5)17(12)24/h6-7,13,15-16H,8H2,1-5H3/t13-,15+,16+/m0/s1. The number of hydrogen-bond acceptors (Lipinski definition) is 9. The Balaban J connectivity index is 2.57. The second kappa shape index (κ2) is 8.86. The predicted octanol–water partition coefficient (Wildman–Crippen LogP) is -0.534. The molecule has 29 heavy (non-hydrogen) atoms. The van der Waals surface area contributed by atoms with E-state index in [1.807, 2.05) is 0 Å². The number of ether oxygens (including phenoxy) is 4. The molecule has 1 aromatic rings. The molecular formula is C18H22N2O9. The quantitative estimate of drug-likeness (QED) is 0.464. The Hall–Kier alpha value is -3.21. The molecular weight excluding hydrogens is 388 g/mol. The van der Waals surface area contributed by atoms with Gasteiger partial charge in [0, 0.05) is 41.1 Å². The van der Waals surface area contributed by atoms with Crippen LogP contribution in [-0.2, 0) is 47.4 Å². The molecule has 0 amide bonds. The summed E-state index contributed by atoms with van der Waals surface area (Å²) < 4.78 is 23.2. The third-order valence-electron chi connectivity index (χ3n) is 4.04. The lowest BCUT2D eigenvalue weighted by Gasteiger charge is -2.34. The highest BCUT2D eigenvalue weighted by Gasteiger charge is 2.39. The minimum Gasteiger partial charge on any atom is -0.463 e. The average Bonchev–Trinajstić information content (AvgIpc) is 2.62. The maximum atomic E-state index is 12.6. The van der Waals surface area contributed by atoms with Crippen LogP contribution in [0.3, 0.4) is 0 Å². The average molecular weight is 410 g/mol. The van der Waals surface area contributed by atoms with Gasteiger partial charge in [-0.15, -0.1) is 0 Å². The lowest BCUT2D eigenvalue weighted by atomic mass is 10.0. The van der Waals surface area contributed by atoms with Crippen molar-refractivity contribution in [3.05, 3.63) is 44.4 Å². The summed E-state index contributed by atoms with van der Waals surface area (Å²) in [6.45, 7) is 3.17. The van der Waals surface area contributed by atoms with Crippen LogP contribution in [0.15, 0.2) is 27.6 Å². The van der Waals surface area contributed by atoms with E-state index in [0.717, 1.165) is 18.4 Å². The largest absolute Gasteiger partial charge is 0.463 e. The van der Waals surface area contributed by atoms with Crippen molar-refractivity contribution in [2.45, 2.75) is 39.1 Å². The fourth-order valence-electron chi connectivity index (χ4n) is 2.82. The van der Waals surface area contributed by atoms with Crippen molar-refractivity contribution in [1.29, 1.82) is 0 Å². The maximum Gasteiger partial charge on any atom is 0.330 e. The number of nitrogens with zero attached hydrogens (tertiary/aromatic N) is 2. The molecule has 1 aliphatic rings. The molecule has 11 heteroatoms. The van der Waals surface area contributed by atoms with Crippen LogP contribution in [0.5, 0.6) is 0 Å². The van der Waals surface area contributed by atoms with Gasteiger partial charge in [-0.05, 0) is 6.08 Å². The molecule has 11 nitrogen and oxygen atoms in total. The highest BCUT2D eigenvalue weighted by atomic mass is 16.6. The van der Waals surface area contributed by atoms with Crippen LogP contribution < -0.4 is 11.2 Å². The normalized spacial score (nSPS) is 21.1. The Kier molecular flexibility index (Phi) is 6.75. The first-order valence-electron chi connectivity index (χ1n) is 8.64. The van der Waals surface area contributed by atoms with Crippen molar-refractivity contribution in [3.8, 4) is 0 Å². The maximum absolute atomic E-state index is 12.6. The molecule has 0 fully saturated rings. The predicted molar refractivity (Wildman–Crippen MR) is 96.6 cm³/mol. The Bertz CT molecular complexity index is 973. The van der Waals surface area contributed by atoms with Gasteiger partial charge in [-0.25, -0.2) is 4.79 Å². The Morgan fingerprint density at radius 2 is 1.72 bits per heavy atom. The number of carbonyl (C=O) groups is 3. The monoisotopic (exact) mass is 410 g/mol. The Morgan fingerprint density at radius 1 is 1.07 bits per heavy atom. The fraction of sp³-hybridized carbons (Fsp3) is 0.500. The lowest BCUT2D eigenvalue weighted by Crippen LogP contribution is -2.45. The number of hydrogen-bond donors (Lipinski definition) is 0. The van der Waals surface area contributed by atoms with E-state index in [4.69, 9.17) is 18.9 Å². The zero-order chi connectivity index (χ0) is 21.9. The van der Waals surface area contributed by atoms with E-state index in [2.05, 4.69) is 0 Å². The van der Waals surface area contributed by atoms with Crippen molar-refractivity contribution < 1.29 is 33.3 Å². The first-order valence-corrected chi connectivity index (χ1v) is 8.64. The molecule has 1 aromatic heterocycles. The van der Waals surface area contributed by atoms with Crippen molar-refractivity contribution in [3.63, 3.8) is 0 Å². The van der Waals surface area contributed by atoms with E-state index in [9.17, 15) is 24.0 Å². The van der Waals surface area contributed by atoms with Crippen molar-refractivity contribution in [2.24, 2.45) is 14.1 Å². The SMILES string of the molecule is CC(=O)OC[C@H]1O[C@H](c2cn(C)c(=O)n(C)c2=O)C=C(OC(C)=O)[C@H]1OC(C)=O. The molecule has 0 radical (unpaired) electrons. The number of esters is 3. The number of aryl methyl sites for hydroxylation is 1. The van der Waals surface area contributed by atoms with Gasteiger partial charge in [0.15, 0.2) is 6.10 Å². The van der Waals surface area contributed by atoms with E-state index in [1.54, 1.807) is 0 Å². The van der Waals surface area contributed by atoms with Gasteiger partial charge in [0.1, 0.15) is 24.6 Å². The van der Waals surface area contributed by atoms with Crippen molar-refractivity contribution >= 4 is 17.9 Å². The molecule has 0 aromatic carbocycles. The van der Waals surface area contributed by atoms with Gasteiger partial charge in [0.05, 0.1) is 5.56 Å². The molecule has 0 spiro atoms. The van der Waals surface area contributed by atoms with Gasteiger partial charge in [0.25, 0.3) is 5.56 Å². The van der Waals surface area contributed by atoms with E-state index < -0.39 is 47.5 Å². The van der Waals surface area contributed by atoms with Gasteiger partial charge in [-0.2, -0.15) is 0 Å². The zero-order valence-electron chi connectivity index (χ0n) is 16.7. The molecule has 2 heterocycles. The van der Waals surface area contributed by atoms with Crippen LogP contribution in [0.1, 0.15) is 32.4 Å². The third-order valence-corrected chi connectivity index (χ3v) is 4.04. The summed E-state index contributed by atoms with van der Waals surface area (Å²) in [5, 5.41) is 0. The number of rotatable bonds is 5. The Morgan fingerprint density at radius 3 is 2.28 bits per heavy atom. The first kappa shape index (κ1) is 22.1. The van der Waals surface area contributed by atoms with Gasteiger partial charge in [-0.1, -0.05) is 0 Å². The van der Waals surface area contributed by atoms with Crippen LogP contribution in [0.25, 0.3) is 0 Å². The van der Waals surface area contributed by atoms with Crippen LogP contribution in [0.2, 0.25) is 0 Å². The topological polar surface area (TPSA) is 132 Å². The smallest absolute Gasteiger partial charge is 0.330 e. The van der Waals surface area contributed by atoms with Gasteiger partial charge < -0.3 is 23.5 Å². The second-order valence-electron chi connectivity index (χ2n) is 6.43. The van der Waals surface area contributed by atoms with Crippen molar-refractivity contribution in [1.82, 2.24) is 9.13 Å². The summed E-state index contributed by atoms with van der Waals surface area (Å²) in [5.41, 5.74) is -1.07. The zero-order valence-corrected chi connectivity index (χ0v) is 16.7. The highest BCUT2D eigenvalue weighted by Crippen LogP contribution is 2.31. The van der Waals surface area contributed by atoms with Gasteiger partial charge in [0.2, 0.25) is 0 Å². The molecule has 0 saturated heterocycles. The first-order chi connectivity index (χ1) is 13.5. The van der Waals surface area contributed by atoms with Crippen LogP contribution >= 0.6 is 0 Å². The molecule has 158 valence electrons. The summed E-state index contributed by atoms with van der Waals surface area (Å²) >= 11 is 0. The molecule has 0 aliphatic carbocycles. The molecule has 2 rings (SSSR count). The van der Waals surface area contributed by atoms with E-state index in [-0.39, 0.29) is 17.9 Å². The van der Waals surface area contributed by atoms with Crippen LogP contribution in [0, 0.1) is 0 Å². The molecule has 3 atom stereocenters. The van der Waals surface area contributed by atoms with Gasteiger partial charge >= 0.3 is 23.6 Å². The molecule has 0 saturated carbocycles. The van der Waals surface area contributed by atoms with Gasteiger partial charge in [-0.3, -0.25) is 23.7 Å². The third kappa shape index (κ3) is 5.19. The van der Waals surface area contributed by atoms with Crippen LogP contribution in [0.4, 0.5) is 0 Å². The van der Waals surface area contributed by atoms with E-state index in [0.29, 0.717) is 0 Å². The minimum absolute atomic E-state index is 0.0722. The summed E-state index contributed by atoms with van der Waals surface area (Å²) in [7, 11) is 2.77. The number of carbonyl (C=O) groups excluding carboxylic acids is 3. The molecule has 0 bridgehead atoms. The summed E-state index contributed by atoms with van der Waals surface area (Å²) in [4.78, 5) is 58.8. The minimum atomic E-state index is -1.18. The van der Waals surface area contributed by atoms with Crippen molar-refractivity contribution in [2.75, 3.05) is 6.61 Å². The van der Waals surface area contributed by atoms with E-state index in [1.165, 1.54) is 37.9 Å².